The van der Waals surface area contributed by atoms with Crippen LogP contribution in [0, 0.1) is 0 Å². The summed E-state index contributed by atoms with van der Waals surface area (Å²) in [6, 6.07) is 44.8. The fraction of sp³-hybridized carbons (Fsp3) is 0.360. The first-order valence-electron chi connectivity index (χ1n) is 20.4. The molecule has 52 heavy (non-hydrogen) atoms. The molecule has 3 saturated carbocycles. The topological polar surface area (TPSA) is 18.5 Å². The van der Waals surface area contributed by atoms with Gasteiger partial charge in [-0.2, -0.15) is 0 Å². The average Bonchev–Trinajstić information content (AvgIpc) is 3.22. The second-order valence-electron chi connectivity index (χ2n) is 16.0. The second-order valence-corrected chi connectivity index (χ2v) is 16.0. The molecule has 6 aromatic carbocycles. The van der Waals surface area contributed by atoms with E-state index in [4.69, 9.17) is 9.47 Å². The van der Waals surface area contributed by atoms with Crippen molar-refractivity contribution in [1.82, 2.24) is 0 Å². The first-order valence-corrected chi connectivity index (χ1v) is 20.4. The van der Waals surface area contributed by atoms with Gasteiger partial charge < -0.3 is 9.47 Å². The van der Waals surface area contributed by atoms with Crippen molar-refractivity contribution < 1.29 is 9.47 Å². The van der Waals surface area contributed by atoms with Crippen molar-refractivity contribution in [3.05, 3.63) is 144 Å². The lowest BCUT2D eigenvalue weighted by atomic mass is 9.64. The number of fused-ring (bicyclic) bond motifs is 2. The highest BCUT2D eigenvalue weighted by atomic mass is 16.5. The number of ether oxygens (including phenoxy) is 2. The van der Waals surface area contributed by atoms with E-state index in [0.717, 1.165) is 23.0 Å². The molecule has 3 aliphatic rings. The zero-order valence-electron chi connectivity index (χ0n) is 30.6. The summed E-state index contributed by atoms with van der Waals surface area (Å²) in [6.45, 7) is 0. The van der Waals surface area contributed by atoms with Gasteiger partial charge in [0, 0.05) is 16.2 Å². The molecule has 0 spiro atoms. The normalized spacial score (nSPS) is 18.4. The molecule has 0 bridgehead atoms. The van der Waals surface area contributed by atoms with E-state index in [1.165, 1.54) is 140 Å². The van der Waals surface area contributed by atoms with Crippen LogP contribution in [0.1, 0.15) is 130 Å². The number of rotatable bonds is 8. The number of hydrogen-bond acceptors (Lipinski definition) is 2. The van der Waals surface area contributed by atoms with Crippen LogP contribution in [-0.2, 0) is 5.41 Å². The average molecular weight is 685 g/mol. The van der Waals surface area contributed by atoms with Gasteiger partial charge in [-0.25, -0.2) is 0 Å². The molecule has 2 heteroatoms. The predicted molar refractivity (Wildman–Crippen MR) is 216 cm³/mol. The largest absolute Gasteiger partial charge is 0.456 e. The van der Waals surface area contributed by atoms with Gasteiger partial charge in [-0.05, 0) is 108 Å². The van der Waals surface area contributed by atoms with Crippen LogP contribution in [0.4, 0.5) is 0 Å². The van der Waals surface area contributed by atoms with Crippen molar-refractivity contribution in [2.45, 2.75) is 114 Å². The Labute approximate surface area is 310 Å². The fourth-order valence-electron chi connectivity index (χ4n) is 10.0. The summed E-state index contributed by atoms with van der Waals surface area (Å²) in [5.41, 5.74) is 5.78. The van der Waals surface area contributed by atoms with E-state index in [1.54, 1.807) is 0 Å². The lowest BCUT2D eigenvalue weighted by Gasteiger charge is -2.40. The molecule has 0 N–H and O–H groups in total. The van der Waals surface area contributed by atoms with Crippen molar-refractivity contribution in [1.29, 1.82) is 0 Å². The monoisotopic (exact) mass is 684 g/mol. The van der Waals surface area contributed by atoms with Crippen LogP contribution in [0.3, 0.4) is 0 Å². The van der Waals surface area contributed by atoms with Crippen LogP contribution in [0.2, 0.25) is 0 Å². The van der Waals surface area contributed by atoms with Crippen molar-refractivity contribution >= 4 is 21.5 Å². The third-order valence-electron chi connectivity index (χ3n) is 12.9. The Kier molecular flexibility index (Phi) is 9.49. The van der Waals surface area contributed by atoms with Gasteiger partial charge in [0.1, 0.15) is 23.0 Å². The van der Waals surface area contributed by atoms with Gasteiger partial charge in [0.15, 0.2) is 0 Å². The van der Waals surface area contributed by atoms with Gasteiger partial charge in [0.25, 0.3) is 0 Å². The summed E-state index contributed by atoms with van der Waals surface area (Å²) in [6.07, 6.45) is 19.1. The molecule has 0 aliphatic heterocycles. The molecular weight excluding hydrogens is 633 g/mol. The third-order valence-corrected chi connectivity index (χ3v) is 12.9. The predicted octanol–water partition coefficient (Wildman–Crippen LogP) is 14.9. The minimum Gasteiger partial charge on any atom is -0.456 e. The molecule has 9 rings (SSSR count). The van der Waals surface area contributed by atoms with Crippen molar-refractivity contribution in [2.24, 2.45) is 0 Å². The SMILES string of the molecule is c1ccc2c(Oc3ccc(C4(c5ccc(Oc6cccc7ccccc67)c(C6CCCCC6)c5)CCCCC4)cc3C3CCCCC3)cccc2c1. The Morgan fingerprint density at radius 2 is 0.808 bits per heavy atom. The quantitative estimate of drug-likeness (QED) is 0.159. The zero-order valence-corrected chi connectivity index (χ0v) is 30.6. The van der Waals surface area contributed by atoms with E-state index in [2.05, 4.69) is 121 Å². The van der Waals surface area contributed by atoms with Gasteiger partial charge in [-0.1, -0.05) is 155 Å². The molecule has 264 valence electrons. The van der Waals surface area contributed by atoms with Crippen molar-refractivity contribution in [2.75, 3.05) is 0 Å². The van der Waals surface area contributed by atoms with Crippen LogP contribution in [0.5, 0.6) is 23.0 Å². The highest BCUT2D eigenvalue weighted by molar-refractivity contribution is 5.89. The summed E-state index contributed by atoms with van der Waals surface area (Å²) in [4.78, 5) is 0. The molecule has 0 radical (unpaired) electrons. The molecular formula is C50H52O2. The molecule has 6 aromatic rings. The van der Waals surface area contributed by atoms with Gasteiger partial charge in [-0.15, -0.1) is 0 Å². The first-order chi connectivity index (χ1) is 25.7. The first kappa shape index (κ1) is 33.3. The smallest absolute Gasteiger partial charge is 0.135 e. The molecule has 0 aromatic heterocycles. The Balaban J connectivity index is 1.14. The van der Waals surface area contributed by atoms with E-state index in [1.807, 2.05) is 0 Å². The van der Waals surface area contributed by atoms with Gasteiger partial charge in [-0.3, -0.25) is 0 Å². The van der Waals surface area contributed by atoms with Crippen LogP contribution in [-0.4, -0.2) is 0 Å². The third kappa shape index (κ3) is 6.51. The van der Waals surface area contributed by atoms with E-state index in [0.29, 0.717) is 11.8 Å². The fourth-order valence-corrected chi connectivity index (χ4v) is 10.0. The molecule has 0 atom stereocenters. The van der Waals surface area contributed by atoms with E-state index >= 15 is 0 Å². The summed E-state index contributed by atoms with van der Waals surface area (Å²) in [5.74, 6) is 5.06. The maximum atomic E-state index is 6.94. The van der Waals surface area contributed by atoms with Crippen LogP contribution in [0.25, 0.3) is 21.5 Å². The zero-order chi connectivity index (χ0) is 34.7. The van der Waals surface area contributed by atoms with Gasteiger partial charge in [0.05, 0.1) is 0 Å². The molecule has 2 nitrogen and oxygen atoms in total. The molecule has 3 aliphatic carbocycles. The molecule has 0 heterocycles. The van der Waals surface area contributed by atoms with E-state index in [-0.39, 0.29) is 5.41 Å². The summed E-state index contributed by atoms with van der Waals surface area (Å²) in [7, 11) is 0. The minimum atomic E-state index is -0.0129. The standard InChI is InChI=1S/C50H52O2/c1-4-16-38(17-5-1)44-34-40(28-30-48(44)51-46-26-14-22-36-20-8-10-24-42(36)46)50(32-12-3-13-33-50)41-29-31-49(45(35-41)39-18-6-2-7-19-39)52-47-27-15-23-37-21-9-11-25-43(37)47/h8-11,14-15,20-31,34-35,38-39H,1-7,12-13,16-19,32-33H2. The lowest BCUT2D eigenvalue weighted by Crippen LogP contribution is -2.31. The summed E-state index contributed by atoms with van der Waals surface area (Å²) in [5, 5.41) is 4.79. The Hall–Kier alpha value is -4.56. The number of hydrogen-bond donors (Lipinski definition) is 0. The second kappa shape index (κ2) is 14.8. The van der Waals surface area contributed by atoms with Crippen LogP contribution < -0.4 is 9.47 Å². The Morgan fingerprint density at radius 1 is 0.385 bits per heavy atom. The maximum Gasteiger partial charge on any atom is 0.135 e. The maximum absolute atomic E-state index is 6.94. The molecule has 0 unspecified atom stereocenters. The van der Waals surface area contributed by atoms with E-state index in [9.17, 15) is 0 Å². The van der Waals surface area contributed by atoms with Gasteiger partial charge >= 0.3 is 0 Å². The lowest BCUT2D eigenvalue weighted by molar-refractivity contribution is 0.343. The summed E-state index contributed by atoms with van der Waals surface area (Å²) >= 11 is 0. The van der Waals surface area contributed by atoms with E-state index < -0.39 is 0 Å². The highest BCUT2D eigenvalue weighted by Crippen LogP contribution is 2.50. The molecule has 0 saturated heterocycles. The van der Waals surface area contributed by atoms with Crippen LogP contribution >= 0.6 is 0 Å². The Bertz CT molecular complexity index is 2000. The molecule has 0 amide bonds. The highest BCUT2D eigenvalue weighted by Gasteiger charge is 2.38. The summed E-state index contributed by atoms with van der Waals surface area (Å²) < 4.78 is 13.9. The van der Waals surface area contributed by atoms with Crippen molar-refractivity contribution in [3.8, 4) is 23.0 Å². The Morgan fingerprint density at radius 3 is 1.29 bits per heavy atom. The van der Waals surface area contributed by atoms with Gasteiger partial charge in [0.2, 0.25) is 0 Å². The molecule has 3 fully saturated rings. The van der Waals surface area contributed by atoms with Crippen molar-refractivity contribution in [3.63, 3.8) is 0 Å². The van der Waals surface area contributed by atoms with Crippen LogP contribution in [0.15, 0.2) is 121 Å². The minimum absolute atomic E-state index is 0.0129. The number of benzene rings is 6.